The molecule has 0 aromatic rings. The van der Waals surface area contributed by atoms with Crippen molar-refractivity contribution in [3.05, 3.63) is 12.3 Å². The number of rotatable bonds is 4. The normalized spacial score (nSPS) is 18.9. The average molecular weight is 211 g/mol. The standard InChI is InChI=1S/C11H21N3O/c1-3-4-11(15-12)14-9(2)10-5-7-13-8-6-10/h10,13H,2-8,12H2,1H3. The molecule has 1 aliphatic heterocycles. The Morgan fingerprint density at radius 2 is 2.20 bits per heavy atom. The lowest BCUT2D eigenvalue weighted by Gasteiger charge is -2.22. The Balaban J connectivity index is 2.50. The van der Waals surface area contributed by atoms with Crippen molar-refractivity contribution in [1.82, 2.24) is 5.32 Å². The lowest BCUT2D eigenvalue weighted by atomic mass is 9.95. The highest BCUT2D eigenvalue weighted by Gasteiger charge is 2.16. The van der Waals surface area contributed by atoms with E-state index in [0.717, 1.165) is 44.5 Å². The fraction of sp³-hybridized carbons (Fsp3) is 0.727. The third kappa shape index (κ3) is 4.01. The number of allylic oxidation sites excluding steroid dienone is 1. The van der Waals surface area contributed by atoms with Gasteiger partial charge < -0.3 is 10.2 Å². The van der Waals surface area contributed by atoms with E-state index in [9.17, 15) is 0 Å². The van der Waals surface area contributed by atoms with Gasteiger partial charge in [-0.25, -0.2) is 4.99 Å². The minimum Gasteiger partial charge on any atom is -0.396 e. The lowest BCUT2D eigenvalue weighted by Crippen LogP contribution is -2.28. The molecule has 0 saturated carbocycles. The van der Waals surface area contributed by atoms with Crippen LogP contribution in [0.5, 0.6) is 0 Å². The summed E-state index contributed by atoms with van der Waals surface area (Å²) in [7, 11) is 0. The van der Waals surface area contributed by atoms with Crippen LogP contribution in [0.2, 0.25) is 0 Å². The van der Waals surface area contributed by atoms with Gasteiger partial charge in [0.1, 0.15) is 0 Å². The third-order valence-corrected chi connectivity index (χ3v) is 2.68. The average Bonchev–Trinajstić information content (AvgIpc) is 2.29. The summed E-state index contributed by atoms with van der Waals surface area (Å²) in [6.07, 6.45) is 3.97. The summed E-state index contributed by atoms with van der Waals surface area (Å²) in [5.41, 5.74) is 0.908. The fourth-order valence-corrected chi connectivity index (χ4v) is 1.76. The number of hydrogen-bond donors (Lipinski definition) is 2. The predicted octanol–water partition coefficient (Wildman–Crippen LogP) is 1.59. The van der Waals surface area contributed by atoms with Crippen LogP contribution in [0.25, 0.3) is 0 Å². The summed E-state index contributed by atoms with van der Waals surface area (Å²) in [6.45, 7) is 8.16. The van der Waals surface area contributed by atoms with Crippen LogP contribution in [-0.2, 0) is 4.84 Å². The quantitative estimate of drug-likeness (QED) is 0.422. The van der Waals surface area contributed by atoms with Crippen molar-refractivity contribution in [2.75, 3.05) is 13.1 Å². The Morgan fingerprint density at radius 3 is 2.73 bits per heavy atom. The molecule has 0 atom stereocenters. The van der Waals surface area contributed by atoms with Gasteiger partial charge in [-0.2, -0.15) is 5.90 Å². The highest BCUT2D eigenvalue weighted by molar-refractivity contribution is 5.76. The first kappa shape index (κ1) is 12.2. The Morgan fingerprint density at radius 1 is 1.53 bits per heavy atom. The number of nitrogens with one attached hydrogen (secondary N) is 1. The molecule has 1 heterocycles. The van der Waals surface area contributed by atoms with Gasteiger partial charge in [-0.05, 0) is 32.4 Å². The van der Waals surface area contributed by atoms with Crippen molar-refractivity contribution in [1.29, 1.82) is 0 Å². The molecule has 1 fully saturated rings. The van der Waals surface area contributed by atoms with Gasteiger partial charge in [0.15, 0.2) is 0 Å². The number of piperidine rings is 1. The molecule has 0 spiro atoms. The molecule has 0 aromatic heterocycles. The van der Waals surface area contributed by atoms with Crippen LogP contribution < -0.4 is 11.2 Å². The van der Waals surface area contributed by atoms with E-state index < -0.39 is 0 Å². The van der Waals surface area contributed by atoms with Crippen molar-refractivity contribution in [3.63, 3.8) is 0 Å². The maximum atomic E-state index is 5.15. The first-order valence-electron chi connectivity index (χ1n) is 5.61. The highest BCUT2D eigenvalue weighted by Crippen LogP contribution is 2.21. The zero-order chi connectivity index (χ0) is 11.1. The van der Waals surface area contributed by atoms with Gasteiger partial charge in [0.05, 0.1) is 0 Å². The van der Waals surface area contributed by atoms with Crippen LogP contribution in [0.1, 0.15) is 32.6 Å². The highest BCUT2D eigenvalue weighted by atomic mass is 16.6. The summed E-state index contributed by atoms with van der Waals surface area (Å²) in [5.74, 6) is 6.23. The molecule has 0 bridgehead atoms. The predicted molar refractivity (Wildman–Crippen MR) is 62.3 cm³/mol. The zero-order valence-electron chi connectivity index (χ0n) is 9.46. The molecule has 0 aromatic carbocycles. The van der Waals surface area contributed by atoms with Crippen LogP contribution in [0.3, 0.4) is 0 Å². The minimum absolute atomic E-state index is 0.480. The van der Waals surface area contributed by atoms with Crippen LogP contribution in [0, 0.1) is 5.92 Å². The molecule has 0 unspecified atom stereocenters. The summed E-state index contributed by atoms with van der Waals surface area (Å²) in [6, 6.07) is 0. The van der Waals surface area contributed by atoms with Crippen molar-refractivity contribution < 1.29 is 4.84 Å². The Hall–Kier alpha value is -0.870. The number of nitrogens with two attached hydrogens (primary N) is 1. The fourth-order valence-electron chi connectivity index (χ4n) is 1.76. The SMILES string of the molecule is C=C(N=C(CCC)ON)C1CCNCC1. The molecular formula is C11H21N3O. The van der Waals surface area contributed by atoms with Gasteiger partial charge in [0.2, 0.25) is 5.90 Å². The van der Waals surface area contributed by atoms with E-state index in [1.54, 1.807) is 0 Å². The number of hydrogen-bond acceptors (Lipinski definition) is 4. The van der Waals surface area contributed by atoms with E-state index in [1.807, 2.05) is 0 Å². The summed E-state index contributed by atoms with van der Waals surface area (Å²) in [5, 5.41) is 3.32. The summed E-state index contributed by atoms with van der Waals surface area (Å²) >= 11 is 0. The number of aliphatic imine (C=N–C) groups is 1. The second-order valence-electron chi connectivity index (χ2n) is 3.89. The van der Waals surface area contributed by atoms with Crippen molar-refractivity contribution in [2.45, 2.75) is 32.6 Å². The first-order valence-corrected chi connectivity index (χ1v) is 5.61. The van der Waals surface area contributed by atoms with Crippen molar-refractivity contribution in [2.24, 2.45) is 16.8 Å². The maximum Gasteiger partial charge on any atom is 0.213 e. The first-order chi connectivity index (χ1) is 7.27. The molecule has 4 nitrogen and oxygen atoms in total. The monoisotopic (exact) mass is 211 g/mol. The Kier molecular flexibility index (Phi) is 5.36. The number of nitrogens with zero attached hydrogens (tertiary/aromatic N) is 1. The van der Waals surface area contributed by atoms with Gasteiger partial charge in [-0.3, -0.25) is 0 Å². The molecule has 0 amide bonds. The van der Waals surface area contributed by atoms with E-state index in [-0.39, 0.29) is 0 Å². The molecule has 1 rings (SSSR count). The minimum atomic E-state index is 0.480. The molecule has 4 heteroatoms. The maximum absolute atomic E-state index is 5.15. The molecule has 1 aliphatic rings. The second kappa shape index (κ2) is 6.58. The van der Waals surface area contributed by atoms with Crippen LogP contribution in [0.15, 0.2) is 17.3 Å². The summed E-state index contributed by atoms with van der Waals surface area (Å²) < 4.78 is 0. The Labute approximate surface area is 91.5 Å². The molecule has 15 heavy (non-hydrogen) atoms. The van der Waals surface area contributed by atoms with Gasteiger partial charge >= 0.3 is 0 Å². The van der Waals surface area contributed by atoms with Crippen molar-refractivity contribution >= 4 is 5.90 Å². The molecular weight excluding hydrogens is 190 g/mol. The van der Waals surface area contributed by atoms with E-state index in [4.69, 9.17) is 10.7 Å². The summed E-state index contributed by atoms with van der Waals surface area (Å²) in [4.78, 5) is 9.08. The lowest BCUT2D eigenvalue weighted by molar-refractivity contribution is 0.308. The third-order valence-electron chi connectivity index (χ3n) is 2.68. The molecule has 0 aliphatic carbocycles. The largest absolute Gasteiger partial charge is 0.396 e. The molecule has 1 saturated heterocycles. The van der Waals surface area contributed by atoms with Gasteiger partial charge in [0, 0.05) is 18.0 Å². The van der Waals surface area contributed by atoms with E-state index in [2.05, 4.69) is 23.8 Å². The van der Waals surface area contributed by atoms with E-state index in [1.165, 1.54) is 0 Å². The van der Waals surface area contributed by atoms with E-state index >= 15 is 0 Å². The molecule has 86 valence electrons. The zero-order valence-corrected chi connectivity index (χ0v) is 9.46. The molecule has 3 N–H and O–H groups in total. The molecule has 0 radical (unpaired) electrons. The van der Waals surface area contributed by atoms with Gasteiger partial charge in [-0.1, -0.05) is 13.5 Å². The Bertz CT molecular complexity index is 232. The van der Waals surface area contributed by atoms with Crippen LogP contribution in [0.4, 0.5) is 0 Å². The van der Waals surface area contributed by atoms with Crippen LogP contribution in [-0.4, -0.2) is 19.0 Å². The van der Waals surface area contributed by atoms with Crippen molar-refractivity contribution in [3.8, 4) is 0 Å². The second-order valence-corrected chi connectivity index (χ2v) is 3.89. The smallest absolute Gasteiger partial charge is 0.213 e. The van der Waals surface area contributed by atoms with E-state index in [0.29, 0.717) is 11.8 Å². The van der Waals surface area contributed by atoms with Gasteiger partial charge in [0.25, 0.3) is 0 Å². The van der Waals surface area contributed by atoms with Crippen LogP contribution >= 0.6 is 0 Å². The topological polar surface area (TPSA) is 59.6 Å². The van der Waals surface area contributed by atoms with Gasteiger partial charge in [-0.15, -0.1) is 0 Å².